The van der Waals surface area contributed by atoms with E-state index in [2.05, 4.69) is 17.4 Å². The van der Waals surface area contributed by atoms with Gasteiger partial charge in [-0.3, -0.25) is 4.79 Å². The highest BCUT2D eigenvalue weighted by atomic mass is 16.5. The summed E-state index contributed by atoms with van der Waals surface area (Å²) in [5.74, 6) is -0.882. The van der Waals surface area contributed by atoms with E-state index in [0.717, 1.165) is 19.3 Å². The van der Waals surface area contributed by atoms with Crippen molar-refractivity contribution in [3.63, 3.8) is 0 Å². The van der Waals surface area contributed by atoms with Gasteiger partial charge in [-0.05, 0) is 38.5 Å². The number of carboxylic acid groups (broad SMARTS) is 1. The lowest BCUT2D eigenvalue weighted by Crippen LogP contribution is -2.56. The summed E-state index contributed by atoms with van der Waals surface area (Å²) in [6, 6.07) is 1.50. The van der Waals surface area contributed by atoms with Crippen molar-refractivity contribution in [2.24, 2.45) is 5.92 Å². The Hall–Kier alpha value is -1.85. The summed E-state index contributed by atoms with van der Waals surface area (Å²) in [6.07, 6.45) is 3.60. The topological polar surface area (TPSA) is 92.4 Å². The Labute approximate surface area is 117 Å². The van der Waals surface area contributed by atoms with Gasteiger partial charge in [-0.15, -0.1) is 0 Å². The second-order valence-corrected chi connectivity index (χ2v) is 5.53. The first-order valence-corrected chi connectivity index (χ1v) is 6.96. The minimum Gasteiger partial charge on any atom is -0.480 e. The van der Waals surface area contributed by atoms with Crippen LogP contribution in [-0.4, -0.2) is 27.7 Å². The molecule has 1 heterocycles. The van der Waals surface area contributed by atoms with Gasteiger partial charge in [-0.25, -0.2) is 4.79 Å². The van der Waals surface area contributed by atoms with Crippen LogP contribution in [0.1, 0.15) is 55.3 Å². The summed E-state index contributed by atoms with van der Waals surface area (Å²) in [5.41, 5.74) is -0.585. The molecule has 0 spiro atoms. The van der Waals surface area contributed by atoms with Crippen molar-refractivity contribution < 1.29 is 19.2 Å². The van der Waals surface area contributed by atoms with Gasteiger partial charge in [0.25, 0.3) is 5.91 Å². The number of aromatic nitrogens is 1. The van der Waals surface area contributed by atoms with Gasteiger partial charge in [0.1, 0.15) is 5.54 Å². The van der Waals surface area contributed by atoms with Gasteiger partial charge in [0.2, 0.25) is 5.76 Å². The van der Waals surface area contributed by atoms with E-state index in [1.165, 1.54) is 6.07 Å². The number of carbonyl (C=O) groups excluding carboxylic acids is 1. The number of carboxylic acids is 1. The van der Waals surface area contributed by atoms with Crippen molar-refractivity contribution in [3.05, 3.63) is 17.5 Å². The van der Waals surface area contributed by atoms with E-state index in [-0.39, 0.29) is 5.76 Å². The first kappa shape index (κ1) is 14.6. The highest BCUT2D eigenvalue weighted by Crippen LogP contribution is 2.34. The minimum atomic E-state index is -1.18. The number of hydrogen-bond donors (Lipinski definition) is 2. The highest BCUT2D eigenvalue weighted by Gasteiger charge is 2.43. The minimum absolute atomic E-state index is 0.0562. The third-order valence-corrected chi connectivity index (χ3v) is 4.15. The van der Waals surface area contributed by atoms with Crippen molar-refractivity contribution in [2.45, 2.75) is 51.5 Å². The molecule has 1 saturated carbocycles. The van der Waals surface area contributed by atoms with E-state index < -0.39 is 17.4 Å². The quantitative estimate of drug-likeness (QED) is 0.881. The summed E-state index contributed by atoms with van der Waals surface area (Å²) in [7, 11) is 0. The maximum atomic E-state index is 12.1. The molecule has 2 N–H and O–H groups in total. The molecular formula is C14H20N2O4. The van der Waals surface area contributed by atoms with Crippen molar-refractivity contribution in [1.29, 1.82) is 0 Å². The number of amides is 1. The molecule has 20 heavy (non-hydrogen) atoms. The molecule has 1 aliphatic carbocycles. The van der Waals surface area contributed by atoms with E-state index in [9.17, 15) is 14.7 Å². The number of aryl methyl sites for hydroxylation is 1. The number of carbonyl (C=O) groups is 2. The van der Waals surface area contributed by atoms with Crippen LogP contribution in [0.4, 0.5) is 0 Å². The predicted octanol–water partition coefficient (Wildman–Crippen LogP) is 2.14. The van der Waals surface area contributed by atoms with E-state index in [1.54, 1.807) is 6.92 Å². The largest absolute Gasteiger partial charge is 0.480 e. The summed E-state index contributed by atoms with van der Waals surface area (Å²) in [5, 5.41) is 15.8. The second-order valence-electron chi connectivity index (χ2n) is 5.53. The van der Waals surface area contributed by atoms with Crippen molar-refractivity contribution in [3.8, 4) is 0 Å². The fourth-order valence-corrected chi connectivity index (χ4v) is 2.72. The molecule has 110 valence electrons. The Morgan fingerprint density at radius 3 is 2.60 bits per heavy atom. The number of nitrogens with one attached hydrogen (secondary N) is 1. The molecule has 1 fully saturated rings. The molecule has 1 aromatic rings. The summed E-state index contributed by atoms with van der Waals surface area (Å²) in [6.45, 7) is 3.81. The number of nitrogens with zero attached hydrogens (tertiary/aromatic N) is 1. The smallest absolute Gasteiger partial charge is 0.329 e. The summed E-state index contributed by atoms with van der Waals surface area (Å²) < 4.78 is 4.88. The Morgan fingerprint density at radius 2 is 2.15 bits per heavy atom. The molecule has 0 aromatic carbocycles. The SMILES string of the molecule is CCC1CCC(NC(=O)c2cc(C)no2)(C(=O)O)CC1. The predicted molar refractivity (Wildman–Crippen MR) is 71.3 cm³/mol. The van der Waals surface area contributed by atoms with Crippen LogP contribution in [0.25, 0.3) is 0 Å². The molecule has 0 radical (unpaired) electrons. The molecule has 6 nitrogen and oxygen atoms in total. The molecule has 1 aliphatic rings. The number of rotatable bonds is 4. The lowest BCUT2D eigenvalue weighted by Gasteiger charge is -2.36. The molecule has 1 aromatic heterocycles. The van der Waals surface area contributed by atoms with E-state index in [0.29, 0.717) is 24.5 Å². The fourth-order valence-electron chi connectivity index (χ4n) is 2.72. The van der Waals surface area contributed by atoms with Gasteiger partial charge in [0, 0.05) is 6.07 Å². The number of hydrogen-bond acceptors (Lipinski definition) is 4. The first-order valence-electron chi connectivity index (χ1n) is 6.96. The Bertz CT molecular complexity index is 501. The van der Waals surface area contributed by atoms with Crippen LogP contribution >= 0.6 is 0 Å². The first-order chi connectivity index (χ1) is 9.47. The zero-order valence-electron chi connectivity index (χ0n) is 11.8. The molecular weight excluding hydrogens is 260 g/mol. The Morgan fingerprint density at radius 1 is 1.50 bits per heavy atom. The molecule has 0 saturated heterocycles. The van der Waals surface area contributed by atoms with Crippen LogP contribution in [0.5, 0.6) is 0 Å². The Kier molecular flexibility index (Phi) is 4.11. The fraction of sp³-hybridized carbons (Fsp3) is 0.643. The van der Waals surface area contributed by atoms with Crippen LogP contribution < -0.4 is 5.32 Å². The van der Waals surface area contributed by atoms with Gasteiger partial charge < -0.3 is 14.9 Å². The van der Waals surface area contributed by atoms with Gasteiger partial charge >= 0.3 is 5.97 Å². The molecule has 0 atom stereocenters. The molecule has 1 amide bonds. The average Bonchev–Trinajstić information content (AvgIpc) is 2.86. The van der Waals surface area contributed by atoms with Crippen LogP contribution in [-0.2, 0) is 4.79 Å². The van der Waals surface area contributed by atoms with Crippen molar-refractivity contribution >= 4 is 11.9 Å². The van der Waals surface area contributed by atoms with E-state index in [4.69, 9.17) is 4.52 Å². The molecule has 0 aliphatic heterocycles. The monoisotopic (exact) mass is 280 g/mol. The molecule has 2 rings (SSSR count). The van der Waals surface area contributed by atoms with E-state index in [1.807, 2.05) is 0 Å². The molecule has 0 bridgehead atoms. The van der Waals surface area contributed by atoms with Gasteiger partial charge in [0.15, 0.2) is 0 Å². The second kappa shape index (κ2) is 5.64. The third-order valence-electron chi connectivity index (χ3n) is 4.15. The van der Waals surface area contributed by atoms with Crippen molar-refractivity contribution in [1.82, 2.24) is 10.5 Å². The molecule has 0 unspecified atom stereocenters. The van der Waals surface area contributed by atoms with Crippen LogP contribution in [0, 0.1) is 12.8 Å². The zero-order chi connectivity index (χ0) is 14.8. The zero-order valence-corrected chi connectivity index (χ0v) is 11.8. The van der Waals surface area contributed by atoms with Crippen molar-refractivity contribution in [2.75, 3.05) is 0 Å². The standard InChI is InChI=1S/C14H20N2O4/c1-3-10-4-6-14(7-5-10,13(18)19)15-12(17)11-8-9(2)16-20-11/h8,10H,3-7H2,1-2H3,(H,15,17)(H,18,19). The normalized spacial score (nSPS) is 26.2. The molecule has 6 heteroatoms. The van der Waals surface area contributed by atoms with Gasteiger partial charge in [-0.2, -0.15) is 0 Å². The van der Waals surface area contributed by atoms with E-state index >= 15 is 0 Å². The maximum absolute atomic E-state index is 12.1. The summed E-state index contributed by atoms with van der Waals surface area (Å²) in [4.78, 5) is 23.7. The lowest BCUT2D eigenvalue weighted by atomic mass is 9.75. The van der Waals surface area contributed by atoms with Crippen LogP contribution in [0.15, 0.2) is 10.6 Å². The van der Waals surface area contributed by atoms with Gasteiger partial charge in [0.05, 0.1) is 5.69 Å². The lowest BCUT2D eigenvalue weighted by molar-refractivity contribution is -0.146. The van der Waals surface area contributed by atoms with Gasteiger partial charge in [-0.1, -0.05) is 18.5 Å². The van der Waals surface area contributed by atoms with Crippen LogP contribution in [0.2, 0.25) is 0 Å². The average molecular weight is 280 g/mol. The highest BCUT2D eigenvalue weighted by molar-refractivity contribution is 5.95. The Balaban J connectivity index is 2.10. The van der Waals surface area contributed by atoms with Crippen LogP contribution in [0.3, 0.4) is 0 Å². The summed E-state index contributed by atoms with van der Waals surface area (Å²) >= 11 is 0. The number of aliphatic carboxylic acids is 1. The maximum Gasteiger partial charge on any atom is 0.329 e. The third kappa shape index (κ3) is 2.84.